The van der Waals surface area contributed by atoms with Crippen molar-refractivity contribution in [3.05, 3.63) is 17.5 Å². The van der Waals surface area contributed by atoms with Gasteiger partial charge >= 0.3 is 0 Å². The molecule has 0 aromatic carbocycles. The van der Waals surface area contributed by atoms with Gasteiger partial charge in [-0.2, -0.15) is 4.72 Å². The van der Waals surface area contributed by atoms with E-state index >= 15 is 0 Å². The monoisotopic (exact) mass is 235 g/mol. The molecule has 0 amide bonds. The van der Waals surface area contributed by atoms with Gasteiger partial charge in [0, 0.05) is 0 Å². The van der Waals surface area contributed by atoms with Gasteiger partial charge in [0.25, 0.3) is 10.0 Å². The average molecular weight is 235 g/mol. The maximum atomic E-state index is 11.6. The molecule has 1 aliphatic heterocycles. The highest BCUT2D eigenvalue weighted by Gasteiger charge is 2.24. The van der Waals surface area contributed by atoms with Crippen LogP contribution in [0, 0.1) is 0 Å². The van der Waals surface area contributed by atoms with Crippen LogP contribution in [0.25, 0.3) is 0 Å². The molecule has 0 atom stereocenters. The topological polar surface area (TPSA) is 64.6 Å². The maximum absolute atomic E-state index is 11.6. The molecule has 0 bridgehead atoms. The van der Waals surface area contributed by atoms with Crippen LogP contribution in [0.1, 0.15) is 0 Å². The van der Waals surface area contributed by atoms with E-state index in [4.69, 9.17) is 9.47 Å². The Morgan fingerprint density at radius 2 is 2.14 bits per heavy atom. The SMILES string of the molecule is O=S(=O)(NC1OCCO1)c1cccs1. The molecule has 0 spiro atoms. The van der Waals surface area contributed by atoms with Crippen LogP contribution in [-0.4, -0.2) is 28.0 Å². The molecule has 0 radical (unpaired) electrons. The van der Waals surface area contributed by atoms with Crippen LogP contribution in [0.2, 0.25) is 0 Å². The normalized spacial score (nSPS) is 18.9. The number of ether oxygens (including phenoxy) is 2. The van der Waals surface area contributed by atoms with Gasteiger partial charge in [-0.15, -0.1) is 11.3 Å². The van der Waals surface area contributed by atoms with Crippen molar-refractivity contribution in [1.82, 2.24) is 4.72 Å². The Morgan fingerprint density at radius 3 is 2.71 bits per heavy atom. The molecule has 0 unspecified atom stereocenters. The summed E-state index contributed by atoms with van der Waals surface area (Å²) >= 11 is 1.15. The van der Waals surface area contributed by atoms with Gasteiger partial charge in [0.05, 0.1) is 13.2 Å². The largest absolute Gasteiger partial charge is 0.337 e. The van der Waals surface area contributed by atoms with E-state index in [0.29, 0.717) is 13.2 Å². The number of hydrogen-bond acceptors (Lipinski definition) is 5. The molecule has 1 aromatic rings. The van der Waals surface area contributed by atoms with Crippen LogP contribution in [0.15, 0.2) is 21.7 Å². The minimum absolute atomic E-state index is 0.261. The second kappa shape index (κ2) is 3.95. The lowest BCUT2D eigenvalue weighted by atomic mass is 10.7. The summed E-state index contributed by atoms with van der Waals surface area (Å²) in [6.45, 7) is 0.829. The van der Waals surface area contributed by atoms with Gasteiger partial charge in [0.1, 0.15) is 4.21 Å². The lowest BCUT2D eigenvalue weighted by Crippen LogP contribution is -2.34. The lowest BCUT2D eigenvalue weighted by molar-refractivity contribution is -0.0490. The molecule has 2 heterocycles. The van der Waals surface area contributed by atoms with E-state index in [1.54, 1.807) is 11.4 Å². The first-order valence-corrected chi connectivity index (χ1v) is 6.34. The van der Waals surface area contributed by atoms with Gasteiger partial charge in [-0.3, -0.25) is 0 Å². The zero-order valence-electron chi connectivity index (χ0n) is 7.17. The molecule has 78 valence electrons. The van der Waals surface area contributed by atoms with E-state index < -0.39 is 16.4 Å². The number of nitrogens with one attached hydrogen (secondary N) is 1. The average Bonchev–Trinajstić information content (AvgIpc) is 2.71. The van der Waals surface area contributed by atoms with Crippen molar-refractivity contribution in [3.8, 4) is 0 Å². The second-order valence-corrected chi connectivity index (χ2v) is 5.52. The number of sulfonamides is 1. The third-order valence-corrected chi connectivity index (χ3v) is 4.41. The second-order valence-electron chi connectivity index (χ2n) is 2.63. The van der Waals surface area contributed by atoms with Gasteiger partial charge in [-0.05, 0) is 11.4 Å². The summed E-state index contributed by atoms with van der Waals surface area (Å²) in [6, 6.07) is 3.21. The van der Waals surface area contributed by atoms with E-state index in [1.807, 2.05) is 0 Å². The van der Waals surface area contributed by atoms with Gasteiger partial charge in [-0.1, -0.05) is 6.07 Å². The number of hydrogen-bond donors (Lipinski definition) is 1. The fourth-order valence-corrected chi connectivity index (χ4v) is 3.06. The molecule has 2 rings (SSSR count). The van der Waals surface area contributed by atoms with Gasteiger partial charge in [0.2, 0.25) is 6.41 Å². The highest BCUT2D eigenvalue weighted by Crippen LogP contribution is 2.16. The first-order chi connectivity index (χ1) is 6.68. The van der Waals surface area contributed by atoms with Crippen molar-refractivity contribution in [2.45, 2.75) is 10.6 Å². The summed E-state index contributed by atoms with van der Waals surface area (Å²) in [5.74, 6) is 0. The van der Waals surface area contributed by atoms with Crippen molar-refractivity contribution in [3.63, 3.8) is 0 Å². The van der Waals surface area contributed by atoms with Crippen molar-refractivity contribution < 1.29 is 17.9 Å². The van der Waals surface area contributed by atoms with Crippen molar-refractivity contribution in [2.24, 2.45) is 0 Å². The molecule has 1 fully saturated rings. The quantitative estimate of drug-likeness (QED) is 0.821. The first kappa shape index (κ1) is 10.1. The molecular weight excluding hydrogens is 226 g/mol. The molecule has 14 heavy (non-hydrogen) atoms. The van der Waals surface area contributed by atoms with Crippen molar-refractivity contribution in [2.75, 3.05) is 13.2 Å². The number of rotatable bonds is 3. The summed E-state index contributed by atoms with van der Waals surface area (Å²) in [6.07, 6.45) is -0.845. The third kappa shape index (κ3) is 2.12. The molecule has 1 saturated heterocycles. The van der Waals surface area contributed by atoms with Crippen molar-refractivity contribution in [1.29, 1.82) is 0 Å². The van der Waals surface area contributed by atoms with Gasteiger partial charge in [0.15, 0.2) is 0 Å². The van der Waals surface area contributed by atoms with Gasteiger partial charge < -0.3 is 9.47 Å². The summed E-state index contributed by atoms with van der Waals surface area (Å²) in [5, 5.41) is 1.70. The highest BCUT2D eigenvalue weighted by atomic mass is 32.2. The van der Waals surface area contributed by atoms with Crippen LogP contribution >= 0.6 is 11.3 Å². The Labute approximate surface area is 85.7 Å². The van der Waals surface area contributed by atoms with Crippen molar-refractivity contribution >= 4 is 21.4 Å². The standard InChI is InChI=1S/C7H9NO4S2/c9-14(10,6-2-1-5-13-6)8-7-11-3-4-12-7/h1-2,5,7-8H,3-4H2. The smallest absolute Gasteiger partial charge is 0.254 e. The zero-order valence-corrected chi connectivity index (χ0v) is 8.81. The summed E-state index contributed by atoms with van der Waals surface area (Å²) in [5.41, 5.74) is 0. The molecule has 1 aliphatic rings. The Bertz CT molecular complexity index is 380. The molecule has 1 N–H and O–H groups in total. The maximum Gasteiger partial charge on any atom is 0.254 e. The predicted octanol–water partition coefficient (Wildman–Crippen LogP) is 0.357. The van der Waals surface area contributed by atoms with Crippen LogP contribution in [0.3, 0.4) is 0 Å². The summed E-state index contributed by atoms with van der Waals surface area (Å²) in [7, 11) is -3.48. The highest BCUT2D eigenvalue weighted by molar-refractivity contribution is 7.91. The van der Waals surface area contributed by atoms with Gasteiger partial charge in [-0.25, -0.2) is 8.42 Å². The fourth-order valence-electron chi connectivity index (χ4n) is 1.03. The molecule has 1 aromatic heterocycles. The molecular formula is C7H9NO4S2. The lowest BCUT2D eigenvalue weighted by Gasteiger charge is -2.09. The zero-order chi connectivity index (χ0) is 10.0. The summed E-state index contributed by atoms with van der Waals surface area (Å²) in [4.78, 5) is 0. The Morgan fingerprint density at radius 1 is 1.43 bits per heavy atom. The van der Waals surface area contributed by atoms with E-state index in [9.17, 15) is 8.42 Å². The van der Waals surface area contributed by atoms with Crippen LogP contribution < -0.4 is 4.72 Å². The molecule has 5 nitrogen and oxygen atoms in total. The summed E-state index contributed by atoms with van der Waals surface area (Å²) < 4.78 is 35.7. The van der Waals surface area contributed by atoms with Crippen LogP contribution in [0.4, 0.5) is 0 Å². The molecule has 7 heteroatoms. The minimum Gasteiger partial charge on any atom is -0.337 e. The fraction of sp³-hybridized carbons (Fsp3) is 0.429. The Hall–Kier alpha value is -0.470. The molecule has 0 saturated carbocycles. The van der Waals surface area contributed by atoms with E-state index in [-0.39, 0.29) is 4.21 Å². The van der Waals surface area contributed by atoms with E-state index in [1.165, 1.54) is 6.07 Å². The van der Waals surface area contributed by atoms with Crippen LogP contribution in [-0.2, 0) is 19.5 Å². The minimum atomic E-state index is -3.48. The van der Waals surface area contributed by atoms with Crippen LogP contribution in [0.5, 0.6) is 0 Å². The van der Waals surface area contributed by atoms with E-state index in [0.717, 1.165) is 11.3 Å². The Balaban J connectivity index is 2.09. The number of thiophene rings is 1. The molecule has 0 aliphatic carbocycles. The third-order valence-electron chi connectivity index (χ3n) is 1.63. The Kier molecular flexibility index (Phi) is 2.84. The predicted molar refractivity (Wildman–Crippen MR) is 50.3 cm³/mol. The first-order valence-electron chi connectivity index (χ1n) is 3.97. The van der Waals surface area contributed by atoms with E-state index in [2.05, 4.69) is 4.72 Å².